The van der Waals surface area contributed by atoms with E-state index in [0.29, 0.717) is 17.2 Å². The monoisotopic (exact) mass is 447 g/mol. The van der Waals surface area contributed by atoms with Gasteiger partial charge in [0.1, 0.15) is 5.69 Å². The molecule has 6 heterocycles. The third-order valence-electron chi connectivity index (χ3n) is 5.65. The van der Waals surface area contributed by atoms with Crippen molar-refractivity contribution >= 4 is 22.1 Å². The fourth-order valence-corrected chi connectivity index (χ4v) is 4.13. The smallest absolute Gasteiger partial charge is 0.159 e. The highest BCUT2D eigenvalue weighted by Gasteiger charge is 2.17. The number of hydrogen-bond donors (Lipinski definition) is 2. The van der Waals surface area contributed by atoms with Gasteiger partial charge in [0.05, 0.1) is 22.6 Å². The third-order valence-corrected chi connectivity index (χ3v) is 5.65. The second kappa shape index (κ2) is 8.13. The fourth-order valence-electron chi connectivity index (χ4n) is 4.13. The molecule has 0 saturated heterocycles. The van der Waals surface area contributed by atoms with Gasteiger partial charge in [-0.05, 0) is 49.5 Å². The minimum absolute atomic E-state index is 0.656. The van der Waals surface area contributed by atoms with Gasteiger partial charge in [-0.1, -0.05) is 0 Å². The standard InChI is InChI=1S/C25H21N9/c1-34(2)14-15-7-17(10-27-9-15)18-8-19-23(32-33-24(19)29-11-18)25-30-21-13-28-12-20(22(21)31-25)16-3-5-26-6-4-16/h3-13H,14H2,1-2H3,(H,30,31)(H,29,32,33). The van der Waals surface area contributed by atoms with Gasteiger partial charge in [0.2, 0.25) is 0 Å². The molecular formula is C25H21N9. The molecule has 0 aliphatic heterocycles. The van der Waals surface area contributed by atoms with E-state index >= 15 is 0 Å². The summed E-state index contributed by atoms with van der Waals surface area (Å²) in [6.07, 6.45) is 12.7. The zero-order chi connectivity index (χ0) is 23.1. The third kappa shape index (κ3) is 3.57. The molecule has 9 heteroatoms. The first-order valence-electron chi connectivity index (χ1n) is 10.8. The zero-order valence-electron chi connectivity index (χ0n) is 18.7. The number of nitrogens with one attached hydrogen (secondary N) is 2. The molecule has 0 fully saturated rings. The van der Waals surface area contributed by atoms with Gasteiger partial charge in [0, 0.05) is 60.4 Å². The number of aromatic amines is 2. The number of hydrogen-bond acceptors (Lipinski definition) is 7. The average Bonchev–Trinajstić information content (AvgIpc) is 3.48. The van der Waals surface area contributed by atoms with E-state index in [-0.39, 0.29) is 0 Å². The van der Waals surface area contributed by atoms with Crippen molar-refractivity contribution in [3.8, 4) is 33.8 Å². The molecule has 0 radical (unpaired) electrons. The zero-order valence-corrected chi connectivity index (χ0v) is 18.7. The largest absolute Gasteiger partial charge is 0.335 e. The van der Waals surface area contributed by atoms with Crippen molar-refractivity contribution in [2.24, 2.45) is 0 Å². The molecule has 0 spiro atoms. The first kappa shape index (κ1) is 20.1. The van der Waals surface area contributed by atoms with Gasteiger partial charge in [-0.2, -0.15) is 5.10 Å². The molecule has 166 valence electrons. The van der Waals surface area contributed by atoms with Gasteiger partial charge < -0.3 is 9.88 Å². The van der Waals surface area contributed by atoms with Crippen LogP contribution in [0, 0.1) is 0 Å². The van der Waals surface area contributed by atoms with Crippen molar-refractivity contribution in [2.75, 3.05) is 14.1 Å². The van der Waals surface area contributed by atoms with E-state index in [2.05, 4.69) is 52.1 Å². The Bertz CT molecular complexity index is 1620. The van der Waals surface area contributed by atoms with Gasteiger partial charge in [-0.3, -0.25) is 20.1 Å². The summed E-state index contributed by atoms with van der Waals surface area (Å²) in [5, 5.41) is 8.43. The highest BCUT2D eigenvalue weighted by Crippen LogP contribution is 2.31. The van der Waals surface area contributed by atoms with Gasteiger partial charge in [0.15, 0.2) is 11.5 Å². The molecule has 0 unspecified atom stereocenters. The molecule has 9 nitrogen and oxygen atoms in total. The van der Waals surface area contributed by atoms with E-state index in [1.165, 1.54) is 0 Å². The quantitative estimate of drug-likeness (QED) is 0.409. The molecule has 0 aliphatic carbocycles. The lowest BCUT2D eigenvalue weighted by Crippen LogP contribution is -2.10. The van der Waals surface area contributed by atoms with Crippen molar-refractivity contribution < 1.29 is 0 Å². The predicted octanol–water partition coefficient (Wildman–Crippen LogP) is 4.08. The summed E-state index contributed by atoms with van der Waals surface area (Å²) in [6.45, 7) is 0.820. The summed E-state index contributed by atoms with van der Waals surface area (Å²) in [4.78, 5) is 27.9. The van der Waals surface area contributed by atoms with Crippen LogP contribution in [-0.2, 0) is 6.54 Å². The van der Waals surface area contributed by atoms with Crippen molar-refractivity contribution in [2.45, 2.75) is 6.54 Å². The normalized spacial score (nSPS) is 11.6. The van der Waals surface area contributed by atoms with E-state index < -0.39 is 0 Å². The summed E-state index contributed by atoms with van der Waals surface area (Å²) in [6, 6.07) is 8.11. The number of H-pyrrole nitrogens is 2. The topological polar surface area (TPSA) is 112 Å². The molecule has 34 heavy (non-hydrogen) atoms. The minimum Gasteiger partial charge on any atom is -0.335 e. The second-order valence-electron chi connectivity index (χ2n) is 8.42. The summed E-state index contributed by atoms with van der Waals surface area (Å²) >= 11 is 0. The molecule has 0 saturated carbocycles. The number of pyridine rings is 4. The van der Waals surface area contributed by atoms with Crippen molar-refractivity contribution in [3.63, 3.8) is 0 Å². The highest BCUT2D eigenvalue weighted by molar-refractivity contribution is 5.96. The second-order valence-corrected chi connectivity index (χ2v) is 8.42. The van der Waals surface area contributed by atoms with Crippen LogP contribution >= 0.6 is 0 Å². The van der Waals surface area contributed by atoms with Crippen LogP contribution in [-0.4, -0.2) is 59.1 Å². The van der Waals surface area contributed by atoms with Crippen LogP contribution < -0.4 is 0 Å². The van der Waals surface area contributed by atoms with Crippen molar-refractivity contribution in [1.82, 2.24) is 45.0 Å². The van der Waals surface area contributed by atoms with Crippen LogP contribution in [0.2, 0.25) is 0 Å². The van der Waals surface area contributed by atoms with Gasteiger partial charge in [0.25, 0.3) is 0 Å². The molecule has 0 atom stereocenters. The van der Waals surface area contributed by atoms with Crippen LogP contribution in [0.25, 0.3) is 55.8 Å². The number of fused-ring (bicyclic) bond motifs is 2. The first-order valence-corrected chi connectivity index (χ1v) is 10.8. The Morgan fingerprint density at radius 2 is 1.68 bits per heavy atom. The Morgan fingerprint density at radius 3 is 2.53 bits per heavy atom. The van der Waals surface area contributed by atoms with E-state index in [4.69, 9.17) is 4.98 Å². The van der Waals surface area contributed by atoms with Gasteiger partial charge >= 0.3 is 0 Å². The molecule has 0 bridgehead atoms. The Labute approximate surface area is 195 Å². The van der Waals surface area contributed by atoms with Crippen LogP contribution in [0.3, 0.4) is 0 Å². The number of nitrogens with zero attached hydrogens (tertiary/aromatic N) is 7. The van der Waals surface area contributed by atoms with Crippen molar-refractivity contribution in [3.05, 3.63) is 73.2 Å². The molecule has 6 rings (SSSR count). The summed E-state index contributed by atoms with van der Waals surface area (Å²) < 4.78 is 0. The van der Waals surface area contributed by atoms with E-state index in [1.54, 1.807) is 18.6 Å². The average molecular weight is 448 g/mol. The Balaban J connectivity index is 1.45. The van der Waals surface area contributed by atoms with Crippen LogP contribution in [0.15, 0.2) is 67.6 Å². The maximum absolute atomic E-state index is 4.89. The molecule has 2 N–H and O–H groups in total. The maximum atomic E-state index is 4.89. The van der Waals surface area contributed by atoms with E-state index in [9.17, 15) is 0 Å². The number of rotatable bonds is 5. The SMILES string of the molecule is CN(C)Cc1cncc(-c2cnc3[nH]nc(-c4nc5c(-c6ccncc6)cncc5[nH]4)c3c2)c1. The van der Waals surface area contributed by atoms with E-state index in [0.717, 1.165) is 50.8 Å². The molecule has 0 aliphatic rings. The fraction of sp³-hybridized carbons (Fsp3) is 0.120. The lowest BCUT2D eigenvalue weighted by molar-refractivity contribution is 0.402. The van der Waals surface area contributed by atoms with Gasteiger partial charge in [-0.15, -0.1) is 0 Å². The van der Waals surface area contributed by atoms with Crippen LogP contribution in [0.1, 0.15) is 5.56 Å². The Morgan fingerprint density at radius 1 is 0.853 bits per heavy atom. The molecular weight excluding hydrogens is 426 g/mol. The molecule has 0 amide bonds. The van der Waals surface area contributed by atoms with Crippen LogP contribution in [0.4, 0.5) is 0 Å². The highest BCUT2D eigenvalue weighted by atomic mass is 15.2. The van der Waals surface area contributed by atoms with Gasteiger partial charge in [-0.25, -0.2) is 9.97 Å². The molecule has 0 aromatic carbocycles. The summed E-state index contributed by atoms with van der Waals surface area (Å²) in [5.41, 5.74) is 8.14. The lowest BCUT2D eigenvalue weighted by Gasteiger charge is -2.10. The Kier molecular flexibility index (Phi) is 4.81. The van der Waals surface area contributed by atoms with E-state index in [1.807, 2.05) is 51.0 Å². The maximum Gasteiger partial charge on any atom is 0.159 e. The van der Waals surface area contributed by atoms with Crippen LogP contribution in [0.5, 0.6) is 0 Å². The Hall–Kier alpha value is -4.50. The van der Waals surface area contributed by atoms with Crippen molar-refractivity contribution in [1.29, 1.82) is 0 Å². The minimum atomic E-state index is 0.656. The summed E-state index contributed by atoms with van der Waals surface area (Å²) in [5.74, 6) is 0.656. The lowest BCUT2D eigenvalue weighted by atomic mass is 10.1. The summed E-state index contributed by atoms with van der Waals surface area (Å²) in [7, 11) is 4.09. The molecule has 6 aromatic rings. The number of imidazole rings is 1. The predicted molar refractivity (Wildman–Crippen MR) is 131 cm³/mol. The molecule has 6 aromatic heterocycles. The first-order chi connectivity index (χ1) is 16.7. The number of aromatic nitrogens is 8.